The molecule has 0 unspecified atom stereocenters. The van der Waals surface area contributed by atoms with E-state index in [0.717, 1.165) is 24.1 Å². The van der Waals surface area contributed by atoms with Gasteiger partial charge in [0, 0.05) is 6.92 Å². The van der Waals surface area contributed by atoms with Crippen LogP contribution in [0.2, 0.25) is 0 Å². The lowest BCUT2D eigenvalue weighted by Gasteiger charge is -2.44. The quantitative estimate of drug-likeness (QED) is 0.297. The Labute approximate surface area is 204 Å². The maximum atomic E-state index is 13.8. The Hall–Kier alpha value is -2.54. The summed E-state index contributed by atoms with van der Waals surface area (Å²) in [4.78, 5) is 36.7. The third kappa shape index (κ3) is 5.66. The van der Waals surface area contributed by atoms with Crippen molar-refractivity contribution in [3.05, 3.63) is 29.8 Å². The van der Waals surface area contributed by atoms with Crippen LogP contribution in [-0.4, -0.2) is 81.5 Å². The molecule has 0 amide bonds. The van der Waals surface area contributed by atoms with Gasteiger partial charge in [-0.2, -0.15) is 4.31 Å². The summed E-state index contributed by atoms with van der Waals surface area (Å²) in [6, 6.07) is 5.19. The molecule has 0 bridgehead atoms. The molecule has 35 heavy (non-hydrogen) atoms. The largest absolute Gasteiger partial charge is 0.468 e. The van der Waals surface area contributed by atoms with Crippen molar-refractivity contribution in [2.24, 2.45) is 5.92 Å². The predicted octanol–water partition coefficient (Wildman–Crippen LogP) is 1.17. The van der Waals surface area contributed by atoms with Crippen LogP contribution in [0, 0.1) is 12.8 Å². The number of methoxy groups -OCH3 is 2. The van der Waals surface area contributed by atoms with Gasteiger partial charge in [-0.3, -0.25) is 14.4 Å². The molecule has 1 aromatic rings. The number of piperidine rings is 1. The molecule has 2 saturated heterocycles. The van der Waals surface area contributed by atoms with Gasteiger partial charge >= 0.3 is 17.9 Å². The van der Waals surface area contributed by atoms with E-state index in [1.54, 1.807) is 26.0 Å². The van der Waals surface area contributed by atoms with E-state index in [-0.39, 0.29) is 17.9 Å². The fourth-order valence-corrected chi connectivity index (χ4v) is 6.15. The zero-order valence-corrected chi connectivity index (χ0v) is 21.4. The predicted molar refractivity (Wildman–Crippen MR) is 120 cm³/mol. The maximum Gasteiger partial charge on any atom is 0.320 e. The molecule has 0 aliphatic carbocycles. The summed E-state index contributed by atoms with van der Waals surface area (Å²) in [5.74, 6) is -4.91. The lowest BCUT2D eigenvalue weighted by atomic mass is 9.88. The molecule has 2 fully saturated rings. The number of ether oxygens (including phenoxy) is 5. The first kappa shape index (κ1) is 27.1. The average molecular weight is 514 g/mol. The summed E-state index contributed by atoms with van der Waals surface area (Å²) < 4.78 is 55.7. The van der Waals surface area contributed by atoms with Crippen molar-refractivity contribution in [3.63, 3.8) is 0 Å². The van der Waals surface area contributed by atoms with Gasteiger partial charge in [-0.1, -0.05) is 17.7 Å². The molecule has 0 N–H and O–H groups in total. The van der Waals surface area contributed by atoms with Gasteiger partial charge in [0.25, 0.3) is 0 Å². The molecule has 194 valence electrons. The van der Waals surface area contributed by atoms with Crippen LogP contribution < -0.4 is 0 Å². The van der Waals surface area contributed by atoms with Crippen molar-refractivity contribution >= 4 is 27.9 Å². The zero-order valence-electron chi connectivity index (χ0n) is 20.5. The van der Waals surface area contributed by atoms with Crippen molar-refractivity contribution in [3.8, 4) is 0 Å². The van der Waals surface area contributed by atoms with E-state index in [0.29, 0.717) is 0 Å². The molecule has 3 rings (SSSR count). The monoisotopic (exact) mass is 513 g/mol. The smallest absolute Gasteiger partial charge is 0.320 e. The number of sulfonamides is 1. The standard InChI is InChI=1S/C23H31NO10S/c1-13-7-9-15(10-8-13)35(28,29)24-12-18(32-14(2)25)20-19(33-23(3,4)34-20)17(24)11-16(21(26)30-5)22(27)31-6/h7-10,16-20H,11-12H2,1-6H3/t17-,18-,19-,20-/m1/s1. The van der Waals surface area contributed by atoms with Gasteiger partial charge in [-0.15, -0.1) is 0 Å². The van der Waals surface area contributed by atoms with E-state index in [1.165, 1.54) is 19.1 Å². The van der Waals surface area contributed by atoms with Gasteiger partial charge in [0.1, 0.15) is 18.3 Å². The van der Waals surface area contributed by atoms with Crippen LogP contribution in [0.15, 0.2) is 29.2 Å². The summed E-state index contributed by atoms with van der Waals surface area (Å²) >= 11 is 0. The minimum absolute atomic E-state index is 0.000938. The number of hydrogen-bond donors (Lipinski definition) is 0. The van der Waals surface area contributed by atoms with Crippen LogP contribution in [0.1, 0.15) is 32.8 Å². The summed E-state index contributed by atoms with van der Waals surface area (Å²) in [5, 5.41) is 0. The molecule has 4 atom stereocenters. The molecule has 2 heterocycles. The van der Waals surface area contributed by atoms with Gasteiger partial charge in [0.2, 0.25) is 10.0 Å². The van der Waals surface area contributed by atoms with E-state index in [1.807, 2.05) is 6.92 Å². The SMILES string of the molecule is COC(=O)C(C[C@@H]1[C@H]2OC(C)(C)O[C@@H]2[C@H](OC(C)=O)CN1S(=O)(=O)c1ccc(C)cc1)C(=O)OC. The second-order valence-corrected chi connectivity index (χ2v) is 10.9. The summed E-state index contributed by atoms with van der Waals surface area (Å²) in [5.41, 5.74) is 0.864. The summed E-state index contributed by atoms with van der Waals surface area (Å²) in [7, 11) is -1.94. The second-order valence-electron chi connectivity index (χ2n) is 9.00. The summed E-state index contributed by atoms with van der Waals surface area (Å²) in [6.45, 7) is 6.06. The third-order valence-corrected chi connectivity index (χ3v) is 7.94. The van der Waals surface area contributed by atoms with Crippen LogP contribution in [0.25, 0.3) is 0 Å². The van der Waals surface area contributed by atoms with E-state index < -0.39 is 64.0 Å². The highest BCUT2D eigenvalue weighted by atomic mass is 32.2. The van der Waals surface area contributed by atoms with Crippen LogP contribution in [0.5, 0.6) is 0 Å². The fourth-order valence-electron chi connectivity index (χ4n) is 4.49. The van der Waals surface area contributed by atoms with Crippen molar-refractivity contribution in [1.82, 2.24) is 4.31 Å². The Kier molecular flexibility index (Phi) is 7.89. The molecule has 0 radical (unpaired) electrons. The molecule has 12 heteroatoms. The van der Waals surface area contributed by atoms with Gasteiger partial charge < -0.3 is 23.7 Å². The number of carbonyl (C=O) groups excluding carboxylic acids is 3. The molecule has 1 aromatic carbocycles. The van der Waals surface area contributed by atoms with Crippen molar-refractivity contribution in [2.75, 3.05) is 20.8 Å². The number of fused-ring (bicyclic) bond motifs is 1. The van der Waals surface area contributed by atoms with Crippen LogP contribution in [0.4, 0.5) is 0 Å². The number of rotatable bonds is 7. The second kappa shape index (κ2) is 10.2. The summed E-state index contributed by atoms with van der Waals surface area (Å²) in [6.07, 6.45) is -3.07. The van der Waals surface area contributed by atoms with Crippen molar-refractivity contribution < 1.29 is 46.5 Å². The minimum Gasteiger partial charge on any atom is -0.468 e. The highest BCUT2D eigenvalue weighted by Gasteiger charge is 2.58. The molecule has 0 saturated carbocycles. The number of aryl methyl sites for hydroxylation is 1. The normalized spacial score (nSPS) is 26.1. The van der Waals surface area contributed by atoms with E-state index in [2.05, 4.69) is 0 Å². The Bertz CT molecular complexity index is 1050. The van der Waals surface area contributed by atoms with Crippen LogP contribution in [0.3, 0.4) is 0 Å². The number of nitrogens with zero attached hydrogens (tertiary/aromatic N) is 1. The van der Waals surface area contributed by atoms with Crippen LogP contribution in [-0.2, 0) is 48.1 Å². The minimum atomic E-state index is -4.18. The first-order chi connectivity index (χ1) is 16.3. The number of esters is 3. The van der Waals surface area contributed by atoms with Crippen molar-refractivity contribution in [2.45, 2.75) is 69.2 Å². The van der Waals surface area contributed by atoms with Gasteiger partial charge in [-0.05, 0) is 39.3 Å². The Morgan fingerprint density at radius 1 is 1.06 bits per heavy atom. The van der Waals surface area contributed by atoms with Gasteiger partial charge in [-0.25, -0.2) is 8.42 Å². The number of benzene rings is 1. The zero-order chi connectivity index (χ0) is 26.1. The molecular formula is C23H31NO10S. The molecule has 0 aromatic heterocycles. The highest BCUT2D eigenvalue weighted by Crippen LogP contribution is 2.41. The Balaban J connectivity index is 2.12. The third-order valence-electron chi connectivity index (χ3n) is 6.03. The molecule has 0 spiro atoms. The molecule has 2 aliphatic rings. The fraction of sp³-hybridized carbons (Fsp3) is 0.609. The Morgan fingerprint density at radius 2 is 1.60 bits per heavy atom. The average Bonchev–Trinajstić information content (AvgIpc) is 3.12. The highest BCUT2D eigenvalue weighted by molar-refractivity contribution is 7.89. The van der Waals surface area contributed by atoms with E-state index >= 15 is 0 Å². The van der Waals surface area contributed by atoms with Gasteiger partial charge in [0.15, 0.2) is 11.7 Å². The molecule has 2 aliphatic heterocycles. The molecular weight excluding hydrogens is 482 g/mol. The van der Waals surface area contributed by atoms with Crippen molar-refractivity contribution in [1.29, 1.82) is 0 Å². The van der Waals surface area contributed by atoms with Crippen LogP contribution >= 0.6 is 0 Å². The molecule has 11 nitrogen and oxygen atoms in total. The lowest BCUT2D eigenvalue weighted by Crippen LogP contribution is -2.63. The van der Waals surface area contributed by atoms with E-state index in [4.69, 9.17) is 23.7 Å². The topological polar surface area (TPSA) is 135 Å². The van der Waals surface area contributed by atoms with E-state index in [9.17, 15) is 22.8 Å². The first-order valence-corrected chi connectivity index (χ1v) is 12.5. The number of hydrogen-bond acceptors (Lipinski definition) is 10. The first-order valence-electron chi connectivity index (χ1n) is 11.1. The maximum absolute atomic E-state index is 13.8. The lowest BCUT2D eigenvalue weighted by molar-refractivity contribution is -0.169. The Morgan fingerprint density at radius 3 is 2.11 bits per heavy atom. The van der Waals surface area contributed by atoms with Gasteiger partial charge in [0.05, 0.1) is 31.7 Å². The number of carbonyl (C=O) groups is 3.